The van der Waals surface area contributed by atoms with Gasteiger partial charge in [0.05, 0.1) is 19.1 Å². The van der Waals surface area contributed by atoms with E-state index < -0.39 is 5.97 Å². The fourth-order valence-corrected chi connectivity index (χ4v) is 1.08. The summed E-state index contributed by atoms with van der Waals surface area (Å²) in [5.74, 6) is -0.940. The second-order valence-electron chi connectivity index (χ2n) is 3.77. The van der Waals surface area contributed by atoms with Crippen LogP contribution in [0.3, 0.4) is 0 Å². The topological polar surface area (TPSA) is 75.6 Å². The van der Waals surface area contributed by atoms with Gasteiger partial charge < -0.3 is 15.2 Å². The van der Waals surface area contributed by atoms with Gasteiger partial charge in [-0.15, -0.1) is 0 Å². The predicted octanol–water partition coefficient (Wildman–Crippen LogP) is 0.638. The van der Waals surface area contributed by atoms with Crippen LogP contribution >= 0.6 is 0 Å². The molecule has 0 spiro atoms. The number of carboxylic acids is 1. The molecule has 0 saturated heterocycles. The van der Waals surface area contributed by atoms with E-state index in [9.17, 15) is 9.59 Å². The van der Waals surface area contributed by atoms with Gasteiger partial charge in [0.1, 0.15) is 0 Å². The predicted molar refractivity (Wildman–Crippen MR) is 55.5 cm³/mol. The van der Waals surface area contributed by atoms with Crippen LogP contribution in [0.5, 0.6) is 0 Å². The fourth-order valence-electron chi connectivity index (χ4n) is 1.08. The molecular weight excluding hydrogens is 198 g/mol. The Hall–Kier alpha value is -1.10. The molecule has 0 aliphatic heterocycles. The number of carboxylic acid groups (broad SMARTS) is 1. The molecular formula is C10H19NO4. The first-order valence-corrected chi connectivity index (χ1v) is 4.97. The molecule has 2 N–H and O–H groups in total. The molecule has 1 atom stereocenters. The zero-order valence-corrected chi connectivity index (χ0v) is 9.45. The van der Waals surface area contributed by atoms with E-state index in [0.717, 1.165) is 0 Å². The van der Waals surface area contributed by atoms with Gasteiger partial charge in [-0.25, -0.2) is 0 Å². The summed E-state index contributed by atoms with van der Waals surface area (Å²) < 4.78 is 4.96. The van der Waals surface area contributed by atoms with E-state index in [1.54, 1.807) is 7.11 Å². The summed E-state index contributed by atoms with van der Waals surface area (Å²) in [5.41, 5.74) is 0. The molecule has 0 heterocycles. The standard InChI is InChI=1S/C10H19NO4/c1-7(2)8(6-15-3)11-9(12)4-5-10(13)14/h7-8H,4-6H2,1-3H3,(H,11,12)(H,13,14). The number of rotatable bonds is 7. The molecule has 1 amide bonds. The molecule has 0 aromatic heterocycles. The number of methoxy groups -OCH3 is 1. The Kier molecular flexibility index (Phi) is 6.70. The summed E-state index contributed by atoms with van der Waals surface area (Å²) in [4.78, 5) is 21.6. The lowest BCUT2D eigenvalue weighted by Crippen LogP contribution is -2.41. The van der Waals surface area contributed by atoms with E-state index in [1.807, 2.05) is 13.8 Å². The maximum Gasteiger partial charge on any atom is 0.303 e. The highest BCUT2D eigenvalue weighted by atomic mass is 16.5. The van der Waals surface area contributed by atoms with E-state index >= 15 is 0 Å². The third kappa shape index (κ3) is 6.90. The largest absolute Gasteiger partial charge is 0.481 e. The Morgan fingerprint density at radius 1 is 1.33 bits per heavy atom. The highest BCUT2D eigenvalue weighted by Crippen LogP contribution is 2.02. The minimum atomic E-state index is -0.960. The zero-order valence-electron chi connectivity index (χ0n) is 9.45. The van der Waals surface area contributed by atoms with Crippen molar-refractivity contribution in [2.24, 2.45) is 5.92 Å². The normalized spacial score (nSPS) is 12.5. The molecule has 0 fully saturated rings. The fraction of sp³-hybridized carbons (Fsp3) is 0.800. The van der Waals surface area contributed by atoms with Crippen molar-refractivity contribution in [3.05, 3.63) is 0 Å². The molecule has 0 rings (SSSR count). The van der Waals surface area contributed by atoms with Gasteiger partial charge in [-0.1, -0.05) is 13.8 Å². The van der Waals surface area contributed by atoms with Crippen LogP contribution in [0.1, 0.15) is 26.7 Å². The Bertz CT molecular complexity index is 215. The van der Waals surface area contributed by atoms with Gasteiger partial charge in [-0.3, -0.25) is 9.59 Å². The molecule has 0 aromatic carbocycles. The maximum absolute atomic E-state index is 11.3. The Morgan fingerprint density at radius 2 is 1.93 bits per heavy atom. The molecule has 0 saturated carbocycles. The van der Waals surface area contributed by atoms with Gasteiger partial charge in [0.25, 0.3) is 0 Å². The summed E-state index contributed by atoms with van der Waals surface area (Å²) in [6.07, 6.45) is -0.119. The molecule has 0 bridgehead atoms. The third-order valence-electron chi connectivity index (χ3n) is 2.06. The highest BCUT2D eigenvalue weighted by molar-refractivity contribution is 5.80. The lowest BCUT2D eigenvalue weighted by Gasteiger charge is -2.21. The van der Waals surface area contributed by atoms with Gasteiger partial charge in [0.15, 0.2) is 0 Å². The Morgan fingerprint density at radius 3 is 2.33 bits per heavy atom. The number of hydrogen-bond donors (Lipinski definition) is 2. The lowest BCUT2D eigenvalue weighted by molar-refractivity contribution is -0.139. The van der Waals surface area contributed by atoms with Crippen LogP contribution in [0, 0.1) is 5.92 Å². The number of amides is 1. The third-order valence-corrected chi connectivity index (χ3v) is 2.06. The van der Waals surface area contributed by atoms with Crippen LogP contribution in [-0.4, -0.2) is 36.7 Å². The first kappa shape index (κ1) is 13.9. The van der Waals surface area contributed by atoms with Crippen molar-refractivity contribution in [3.8, 4) is 0 Å². The Labute approximate surface area is 89.8 Å². The van der Waals surface area contributed by atoms with Crippen LogP contribution in [0.4, 0.5) is 0 Å². The van der Waals surface area contributed by atoms with Crippen molar-refractivity contribution in [3.63, 3.8) is 0 Å². The minimum Gasteiger partial charge on any atom is -0.481 e. The average molecular weight is 217 g/mol. The number of carbonyl (C=O) groups excluding carboxylic acids is 1. The summed E-state index contributed by atoms with van der Waals surface area (Å²) in [5, 5.41) is 11.1. The number of ether oxygens (including phenoxy) is 1. The summed E-state index contributed by atoms with van der Waals surface area (Å²) in [7, 11) is 1.57. The number of hydrogen-bond acceptors (Lipinski definition) is 3. The molecule has 5 heteroatoms. The van der Waals surface area contributed by atoms with Gasteiger partial charge in [0, 0.05) is 13.5 Å². The van der Waals surface area contributed by atoms with Crippen LogP contribution < -0.4 is 5.32 Å². The zero-order chi connectivity index (χ0) is 11.8. The SMILES string of the molecule is COCC(NC(=O)CCC(=O)O)C(C)C. The van der Waals surface area contributed by atoms with Crippen molar-refractivity contribution in [2.75, 3.05) is 13.7 Å². The average Bonchev–Trinajstić information content (AvgIpc) is 2.14. The van der Waals surface area contributed by atoms with Crippen LogP contribution in [-0.2, 0) is 14.3 Å². The second-order valence-corrected chi connectivity index (χ2v) is 3.77. The minimum absolute atomic E-state index is 0.0161. The van der Waals surface area contributed by atoms with Crippen molar-refractivity contribution in [2.45, 2.75) is 32.7 Å². The maximum atomic E-state index is 11.3. The monoisotopic (exact) mass is 217 g/mol. The van der Waals surface area contributed by atoms with Crippen molar-refractivity contribution in [1.82, 2.24) is 5.32 Å². The van der Waals surface area contributed by atoms with E-state index in [-0.39, 0.29) is 30.7 Å². The molecule has 88 valence electrons. The molecule has 15 heavy (non-hydrogen) atoms. The van der Waals surface area contributed by atoms with Gasteiger partial charge >= 0.3 is 5.97 Å². The van der Waals surface area contributed by atoms with Gasteiger partial charge in [-0.05, 0) is 5.92 Å². The second kappa shape index (κ2) is 7.23. The first-order valence-electron chi connectivity index (χ1n) is 4.97. The van der Waals surface area contributed by atoms with Crippen molar-refractivity contribution in [1.29, 1.82) is 0 Å². The molecule has 5 nitrogen and oxygen atoms in total. The van der Waals surface area contributed by atoms with Crippen LogP contribution in [0.25, 0.3) is 0 Å². The van der Waals surface area contributed by atoms with Gasteiger partial charge in [-0.2, -0.15) is 0 Å². The molecule has 0 aliphatic carbocycles. The van der Waals surface area contributed by atoms with Crippen molar-refractivity contribution >= 4 is 11.9 Å². The highest BCUT2D eigenvalue weighted by Gasteiger charge is 2.16. The molecule has 0 radical (unpaired) electrons. The quantitative estimate of drug-likeness (QED) is 0.656. The summed E-state index contributed by atoms with van der Waals surface area (Å²) >= 11 is 0. The van der Waals surface area contributed by atoms with E-state index in [2.05, 4.69) is 5.32 Å². The van der Waals surface area contributed by atoms with E-state index in [1.165, 1.54) is 0 Å². The number of nitrogens with one attached hydrogen (secondary N) is 1. The summed E-state index contributed by atoms with van der Waals surface area (Å²) in [6, 6.07) is -0.0590. The summed E-state index contributed by atoms with van der Waals surface area (Å²) in [6.45, 7) is 4.39. The number of carbonyl (C=O) groups is 2. The molecule has 0 aromatic rings. The molecule has 1 unspecified atom stereocenters. The lowest BCUT2D eigenvalue weighted by atomic mass is 10.1. The first-order chi connectivity index (χ1) is 6.97. The van der Waals surface area contributed by atoms with Crippen LogP contribution in [0.15, 0.2) is 0 Å². The van der Waals surface area contributed by atoms with Gasteiger partial charge in [0.2, 0.25) is 5.91 Å². The van der Waals surface area contributed by atoms with Crippen molar-refractivity contribution < 1.29 is 19.4 Å². The molecule has 0 aliphatic rings. The van der Waals surface area contributed by atoms with Crippen LogP contribution in [0.2, 0.25) is 0 Å². The van der Waals surface area contributed by atoms with E-state index in [4.69, 9.17) is 9.84 Å². The Balaban J connectivity index is 3.94. The number of aliphatic carboxylic acids is 1. The smallest absolute Gasteiger partial charge is 0.303 e. The van der Waals surface area contributed by atoms with E-state index in [0.29, 0.717) is 6.61 Å².